The van der Waals surface area contributed by atoms with Crippen LogP contribution in [0, 0.1) is 0 Å². The van der Waals surface area contributed by atoms with Gasteiger partial charge in [-0.15, -0.1) is 0 Å². The van der Waals surface area contributed by atoms with E-state index in [4.69, 9.17) is 35.4 Å². The van der Waals surface area contributed by atoms with Gasteiger partial charge in [0.25, 0.3) is 5.91 Å². The van der Waals surface area contributed by atoms with Gasteiger partial charge >= 0.3 is 0 Å². The number of carbonyl (C=O) groups excluding carboxylic acids is 1. The minimum atomic E-state index is -0.400. The molecular weight excluding hydrogens is 341 g/mol. The van der Waals surface area contributed by atoms with Crippen molar-refractivity contribution >= 4 is 46.4 Å². The Balaban J connectivity index is 2.61. The van der Waals surface area contributed by atoms with Gasteiger partial charge in [-0.25, -0.2) is 0 Å². The molecule has 1 atom stereocenters. The normalized spacial score (nSPS) is 18.4. The van der Waals surface area contributed by atoms with Crippen LogP contribution in [0.25, 0.3) is 0 Å². The van der Waals surface area contributed by atoms with E-state index in [1.807, 2.05) is 20.0 Å². The van der Waals surface area contributed by atoms with Gasteiger partial charge in [-0.3, -0.25) is 4.79 Å². The number of hydrogen-bond acceptors (Lipinski definition) is 2. The van der Waals surface area contributed by atoms with Crippen LogP contribution in [-0.2, 0) is 4.79 Å². The molecule has 22 heavy (non-hydrogen) atoms. The summed E-state index contributed by atoms with van der Waals surface area (Å²) < 4.78 is 0. The van der Waals surface area contributed by atoms with Gasteiger partial charge in [0, 0.05) is 36.9 Å². The van der Waals surface area contributed by atoms with Crippen LogP contribution in [0.2, 0.25) is 10.0 Å². The van der Waals surface area contributed by atoms with Crippen molar-refractivity contribution < 1.29 is 4.79 Å². The first kappa shape index (κ1) is 17.1. The van der Waals surface area contributed by atoms with Crippen molar-refractivity contribution in [1.29, 1.82) is 0 Å². The molecule has 1 amide bonds. The number of benzene rings is 1. The van der Waals surface area contributed by atoms with Crippen LogP contribution in [0.1, 0.15) is 18.5 Å². The number of nitrogens with zero attached hydrogens (tertiary/aromatic N) is 2. The Kier molecular flexibility index (Phi) is 5.00. The minimum Gasteiger partial charge on any atom is -0.351 e. The highest BCUT2D eigenvalue weighted by Crippen LogP contribution is 2.35. The summed E-state index contributed by atoms with van der Waals surface area (Å²) in [6.45, 7) is 1.88. The molecule has 1 aromatic rings. The average molecular weight is 358 g/mol. The number of amides is 1. The van der Waals surface area contributed by atoms with Crippen LogP contribution in [-0.4, -0.2) is 42.0 Å². The summed E-state index contributed by atoms with van der Waals surface area (Å²) >= 11 is 17.6. The van der Waals surface area contributed by atoms with Gasteiger partial charge < -0.3 is 15.1 Å². The first-order valence-corrected chi connectivity index (χ1v) is 7.82. The Morgan fingerprint density at radius 3 is 2.55 bits per heavy atom. The SMILES string of the molecule is CC1=C(C(=O)N(C)C)C(c2ccc(Cl)cc2Cl)NC(=S)N1C. The molecule has 1 aliphatic heterocycles. The number of allylic oxidation sites excluding steroid dienone is 1. The number of thiocarbonyl (C=S) groups is 1. The number of hydrogen-bond donors (Lipinski definition) is 1. The zero-order valence-corrected chi connectivity index (χ0v) is 15.1. The molecule has 118 valence electrons. The number of likely N-dealkylation sites (N-methyl/N-ethyl adjacent to an activating group) is 1. The summed E-state index contributed by atoms with van der Waals surface area (Å²) in [5.41, 5.74) is 2.19. The average Bonchev–Trinajstić information content (AvgIpc) is 2.44. The maximum Gasteiger partial charge on any atom is 0.253 e. The minimum absolute atomic E-state index is 0.0876. The van der Waals surface area contributed by atoms with Crippen molar-refractivity contribution in [3.63, 3.8) is 0 Å². The second-order valence-electron chi connectivity index (χ2n) is 5.31. The second kappa shape index (κ2) is 6.44. The zero-order valence-electron chi connectivity index (χ0n) is 12.8. The van der Waals surface area contributed by atoms with Crippen LogP contribution in [0.3, 0.4) is 0 Å². The maximum atomic E-state index is 12.6. The van der Waals surface area contributed by atoms with Crippen molar-refractivity contribution in [2.75, 3.05) is 21.1 Å². The topological polar surface area (TPSA) is 35.6 Å². The Labute approximate surface area is 145 Å². The van der Waals surface area contributed by atoms with E-state index in [0.29, 0.717) is 20.7 Å². The smallest absolute Gasteiger partial charge is 0.253 e. The quantitative estimate of drug-likeness (QED) is 0.824. The van der Waals surface area contributed by atoms with Gasteiger partial charge in [0.1, 0.15) is 0 Å². The van der Waals surface area contributed by atoms with Crippen molar-refractivity contribution in [1.82, 2.24) is 15.1 Å². The first-order chi connectivity index (χ1) is 10.2. The van der Waals surface area contributed by atoms with Gasteiger partial charge in [0.2, 0.25) is 0 Å². The van der Waals surface area contributed by atoms with Crippen molar-refractivity contribution in [3.8, 4) is 0 Å². The molecule has 0 bridgehead atoms. The summed E-state index contributed by atoms with van der Waals surface area (Å²) in [7, 11) is 5.26. The van der Waals surface area contributed by atoms with Crippen LogP contribution in [0.15, 0.2) is 29.5 Å². The molecule has 1 aromatic carbocycles. The van der Waals surface area contributed by atoms with E-state index >= 15 is 0 Å². The Hall–Kier alpha value is -1.30. The zero-order chi connectivity index (χ0) is 16.6. The fraction of sp³-hybridized carbons (Fsp3) is 0.333. The molecule has 1 aliphatic rings. The van der Waals surface area contributed by atoms with Crippen LogP contribution in [0.4, 0.5) is 0 Å². The van der Waals surface area contributed by atoms with E-state index in [2.05, 4.69) is 5.32 Å². The van der Waals surface area contributed by atoms with E-state index in [-0.39, 0.29) is 5.91 Å². The summed E-state index contributed by atoms with van der Waals surface area (Å²) in [6, 6.07) is 4.82. The second-order valence-corrected chi connectivity index (χ2v) is 6.54. The lowest BCUT2D eigenvalue weighted by molar-refractivity contribution is -0.125. The highest BCUT2D eigenvalue weighted by molar-refractivity contribution is 7.80. The largest absolute Gasteiger partial charge is 0.351 e. The van der Waals surface area contributed by atoms with Gasteiger partial charge in [-0.1, -0.05) is 29.3 Å². The molecule has 1 heterocycles. The molecule has 4 nitrogen and oxygen atoms in total. The first-order valence-electron chi connectivity index (χ1n) is 6.65. The third kappa shape index (κ3) is 3.07. The van der Waals surface area contributed by atoms with E-state index in [1.54, 1.807) is 36.0 Å². The third-order valence-corrected chi connectivity index (χ3v) is 4.62. The van der Waals surface area contributed by atoms with Crippen LogP contribution < -0.4 is 5.32 Å². The molecule has 7 heteroatoms. The molecule has 0 radical (unpaired) electrons. The highest BCUT2D eigenvalue weighted by Gasteiger charge is 2.34. The molecular formula is C15H17Cl2N3OS. The lowest BCUT2D eigenvalue weighted by Gasteiger charge is -2.36. The number of carbonyl (C=O) groups is 1. The van der Waals surface area contributed by atoms with Gasteiger partial charge in [0.05, 0.1) is 11.6 Å². The molecule has 0 spiro atoms. The molecule has 0 saturated carbocycles. The number of nitrogens with one attached hydrogen (secondary N) is 1. The number of rotatable bonds is 2. The molecule has 0 aliphatic carbocycles. The van der Waals surface area contributed by atoms with Crippen molar-refractivity contribution in [2.24, 2.45) is 0 Å². The van der Waals surface area contributed by atoms with Crippen molar-refractivity contribution in [3.05, 3.63) is 45.1 Å². The molecule has 0 aromatic heterocycles. The predicted octanol–water partition coefficient (Wildman–Crippen LogP) is 3.22. The van der Waals surface area contributed by atoms with Crippen molar-refractivity contribution in [2.45, 2.75) is 13.0 Å². The lowest BCUT2D eigenvalue weighted by atomic mass is 9.94. The Morgan fingerprint density at radius 1 is 1.36 bits per heavy atom. The van der Waals surface area contributed by atoms with Gasteiger partial charge in [-0.2, -0.15) is 0 Å². The summed E-state index contributed by atoms with van der Waals surface area (Å²) in [5.74, 6) is -0.0876. The van der Waals surface area contributed by atoms with Crippen LogP contribution in [0.5, 0.6) is 0 Å². The maximum absolute atomic E-state index is 12.6. The fourth-order valence-corrected chi connectivity index (χ4v) is 3.09. The summed E-state index contributed by atoms with van der Waals surface area (Å²) in [6.07, 6.45) is 0. The van der Waals surface area contributed by atoms with Gasteiger partial charge in [-0.05, 0) is 36.8 Å². The van der Waals surface area contributed by atoms with Crippen LogP contribution >= 0.6 is 35.4 Å². The predicted molar refractivity (Wildman–Crippen MR) is 94.1 cm³/mol. The fourth-order valence-electron chi connectivity index (χ4n) is 2.32. The van der Waals surface area contributed by atoms with E-state index in [0.717, 1.165) is 11.3 Å². The van der Waals surface area contributed by atoms with E-state index < -0.39 is 6.04 Å². The van der Waals surface area contributed by atoms with E-state index in [9.17, 15) is 4.79 Å². The molecule has 0 fully saturated rings. The van der Waals surface area contributed by atoms with E-state index in [1.165, 1.54) is 0 Å². The summed E-state index contributed by atoms with van der Waals surface area (Å²) in [4.78, 5) is 15.9. The Morgan fingerprint density at radius 2 is 2.00 bits per heavy atom. The standard InChI is InChI=1S/C15H17Cl2N3OS/c1-8-12(14(21)19(2)3)13(18-15(22)20(8)4)10-6-5-9(16)7-11(10)17/h5-7,13H,1-4H3,(H,18,22). The third-order valence-electron chi connectivity index (χ3n) is 3.66. The molecule has 2 rings (SSSR count). The van der Waals surface area contributed by atoms with Gasteiger partial charge in [0.15, 0.2) is 5.11 Å². The monoisotopic (exact) mass is 357 g/mol. The summed E-state index contributed by atoms with van der Waals surface area (Å²) in [5, 5.41) is 4.77. The Bertz CT molecular complexity index is 673. The molecule has 0 saturated heterocycles. The molecule has 1 N–H and O–H groups in total. The number of halogens is 2. The lowest BCUT2D eigenvalue weighted by Crippen LogP contribution is -2.47. The highest BCUT2D eigenvalue weighted by atomic mass is 35.5. The molecule has 1 unspecified atom stereocenters.